The highest BCUT2D eigenvalue weighted by Gasteiger charge is 2.34. The summed E-state index contributed by atoms with van der Waals surface area (Å²) in [5.74, 6) is 0. The molecule has 2 atom stereocenters. The number of aliphatic hydroxyl groups is 1. The monoisotopic (exact) mass is 212 g/mol. The van der Waals surface area contributed by atoms with Crippen molar-refractivity contribution in [2.75, 3.05) is 26.7 Å². The first-order valence-electron chi connectivity index (χ1n) is 6.33. The molecule has 0 radical (unpaired) electrons. The molecule has 3 nitrogen and oxygen atoms in total. The molecule has 3 heteroatoms. The van der Waals surface area contributed by atoms with Gasteiger partial charge in [-0.1, -0.05) is 6.42 Å². The molecule has 0 saturated carbocycles. The lowest BCUT2D eigenvalue weighted by molar-refractivity contribution is -0.0191. The normalized spacial score (nSPS) is 39.2. The van der Waals surface area contributed by atoms with E-state index in [0.717, 1.165) is 32.4 Å². The van der Waals surface area contributed by atoms with Crippen molar-refractivity contribution in [1.82, 2.24) is 10.2 Å². The number of rotatable bonds is 2. The van der Waals surface area contributed by atoms with Crippen LogP contribution in [0.5, 0.6) is 0 Å². The molecular weight excluding hydrogens is 188 g/mol. The van der Waals surface area contributed by atoms with Gasteiger partial charge in [0.05, 0.1) is 5.60 Å². The van der Waals surface area contributed by atoms with E-state index in [-0.39, 0.29) is 0 Å². The maximum atomic E-state index is 10.5. The van der Waals surface area contributed by atoms with E-state index < -0.39 is 5.60 Å². The van der Waals surface area contributed by atoms with Crippen molar-refractivity contribution in [2.24, 2.45) is 0 Å². The largest absolute Gasteiger partial charge is 0.389 e. The van der Waals surface area contributed by atoms with E-state index in [1.165, 1.54) is 25.8 Å². The number of nitrogens with one attached hydrogen (secondary N) is 1. The Bertz CT molecular complexity index is 202. The summed E-state index contributed by atoms with van der Waals surface area (Å²) in [5, 5.41) is 13.8. The summed E-state index contributed by atoms with van der Waals surface area (Å²) in [6.45, 7) is 3.06. The molecule has 0 aromatic carbocycles. The van der Waals surface area contributed by atoms with Crippen LogP contribution in [-0.4, -0.2) is 48.3 Å². The lowest BCUT2D eigenvalue weighted by Gasteiger charge is -2.40. The number of β-amino-alcohol motifs (C(OH)–C–C–N with tert-alkyl or cyclic N) is 1. The number of hydrogen-bond donors (Lipinski definition) is 2. The Morgan fingerprint density at radius 2 is 2.27 bits per heavy atom. The standard InChI is InChI=1S/C12H24N2O/c1-14-8-3-2-5-11(14)9-12(15)6-4-7-13-10-12/h11,13,15H,2-10H2,1H3. The molecule has 0 spiro atoms. The van der Waals surface area contributed by atoms with Crippen LogP contribution in [0.3, 0.4) is 0 Å². The molecule has 0 aliphatic carbocycles. The van der Waals surface area contributed by atoms with E-state index in [2.05, 4.69) is 17.3 Å². The molecule has 2 fully saturated rings. The minimum Gasteiger partial charge on any atom is -0.389 e. The van der Waals surface area contributed by atoms with Crippen LogP contribution in [0.1, 0.15) is 38.5 Å². The summed E-state index contributed by atoms with van der Waals surface area (Å²) in [4.78, 5) is 2.43. The van der Waals surface area contributed by atoms with Crippen molar-refractivity contribution < 1.29 is 5.11 Å². The Labute approximate surface area is 92.8 Å². The second-order valence-corrected chi connectivity index (χ2v) is 5.34. The van der Waals surface area contributed by atoms with E-state index >= 15 is 0 Å². The number of hydrogen-bond acceptors (Lipinski definition) is 3. The fourth-order valence-corrected chi connectivity index (χ4v) is 2.97. The minimum absolute atomic E-state index is 0.436. The Morgan fingerprint density at radius 3 is 2.93 bits per heavy atom. The maximum absolute atomic E-state index is 10.5. The topological polar surface area (TPSA) is 35.5 Å². The van der Waals surface area contributed by atoms with E-state index in [1.54, 1.807) is 0 Å². The maximum Gasteiger partial charge on any atom is 0.0786 e. The van der Waals surface area contributed by atoms with Crippen LogP contribution in [0.25, 0.3) is 0 Å². The molecule has 2 aliphatic heterocycles. The smallest absolute Gasteiger partial charge is 0.0786 e. The van der Waals surface area contributed by atoms with Gasteiger partial charge in [-0.05, 0) is 52.2 Å². The summed E-state index contributed by atoms with van der Waals surface area (Å²) >= 11 is 0. The van der Waals surface area contributed by atoms with Crippen LogP contribution < -0.4 is 5.32 Å². The number of piperidine rings is 2. The minimum atomic E-state index is -0.436. The van der Waals surface area contributed by atoms with E-state index in [9.17, 15) is 5.11 Å². The molecule has 88 valence electrons. The fourth-order valence-electron chi connectivity index (χ4n) is 2.97. The first-order valence-corrected chi connectivity index (χ1v) is 6.33. The Balaban J connectivity index is 1.88. The zero-order chi connectivity index (χ0) is 10.7. The van der Waals surface area contributed by atoms with Gasteiger partial charge < -0.3 is 15.3 Å². The average Bonchev–Trinajstić information content (AvgIpc) is 2.22. The summed E-state index contributed by atoms with van der Waals surface area (Å²) in [6.07, 6.45) is 6.97. The molecule has 0 amide bonds. The summed E-state index contributed by atoms with van der Waals surface area (Å²) < 4.78 is 0. The van der Waals surface area contributed by atoms with Gasteiger partial charge in [0.1, 0.15) is 0 Å². The van der Waals surface area contributed by atoms with Crippen LogP contribution in [-0.2, 0) is 0 Å². The third kappa shape index (κ3) is 2.92. The zero-order valence-corrected chi connectivity index (χ0v) is 9.84. The van der Waals surface area contributed by atoms with Crippen LogP contribution in [0, 0.1) is 0 Å². The van der Waals surface area contributed by atoms with Crippen LogP contribution in [0.2, 0.25) is 0 Å². The summed E-state index contributed by atoms with van der Waals surface area (Å²) in [5.41, 5.74) is -0.436. The number of likely N-dealkylation sites (tertiary alicyclic amines) is 1. The van der Waals surface area contributed by atoms with Gasteiger partial charge in [-0.25, -0.2) is 0 Å². The van der Waals surface area contributed by atoms with Gasteiger partial charge in [0.2, 0.25) is 0 Å². The first-order chi connectivity index (χ1) is 7.20. The quantitative estimate of drug-likeness (QED) is 0.716. The highest BCUT2D eigenvalue weighted by molar-refractivity contribution is 4.90. The van der Waals surface area contributed by atoms with Gasteiger partial charge >= 0.3 is 0 Å². The average molecular weight is 212 g/mol. The fraction of sp³-hybridized carbons (Fsp3) is 1.00. The van der Waals surface area contributed by atoms with Gasteiger partial charge in [0, 0.05) is 12.6 Å². The molecule has 2 saturated heterocycles. The first kappa shape index (κ1) is 11.4. The lowest BCUT2D eigenvalue weighted by atomic mass is 9.84. The Kier molecular flexibility index (Phi) is 3.65. The molecule has 0 aromatic rings. The highest BCUT2D eigenvalue weighted by atomic mass is 16.3. The van der Waals surface area contributed by atoms with Crippen molar-refractivity contribution in [2.45, 2.75) is 50.2 Å². The van der Waals surface area contributed by atoms with Gasteiger partial charge in [0.15, 0.2) is 0 Å². The second kappa shape index (κ2) is 4.81. The van der Waals surface area contributed by atoms with Crippen molar-refractivity contribution in [3.8, 4) is 0 Å². The molecule has 2 N–H and O–H groups in total. The highest BCUT2D eigenvalue weighted by Crippen LogP contribution is 2.27. The molecule has 2 aliphatic rings. The van der Waals surface area contributed by atoms with Crippen LogP contribution in [0.4, 0.5) is 0 Å². The van der Waals surface area contributed by atoms with Gasteiger partial charge in [-0.2, -0.15) is 0 Å². The van der Waals surface area contributed by atoms with E-state index in [1.807, 2.05) is 0 Å². The molecule has 0 aromatic heterocycles. The zero-order valence-electron chi connectivity index (χ0n) is 9.84. The second-order valence-electron chi connectivity index (χ2n) is 5.34. The van der Waals surface area contributed by atoms with Crippen molar-refractivity contribution in [3.63, 3.8) is 0 Å². The van der Waals surface area contributed by atoms with Crippen molar-refractivity contribution in [1.29, 1.82) is 0 Å². The number of nitrogens with zero attached hydrogens (tertiary/aromatic N) is 1. The van der Waals surface area contributed by atoms with Gasteiger partial charge in [-0.3, -0.25) is 0 Å². The molecule has 2 unspecified atom stereocenters. The Morgan fingerprint density at radius 1 is 1.40 bits per heavy atom. The van der Waals surface area contributed by atoms with Gasteiger partial charge in [-0.15, -0.1) is 0 Å². The van der Waals surface area contributed by atoms with E-state index in [4.69, 9.17) is 0 Å². The molecule has 0 bridgehead atoms. The predicted octanol–water partition coefficient (Wildman–Crippen LogP) is 0.975. The van der Waals surface area contributed by atoms with Crippen molar-refractivity contribution in [3.05, 3.63) is 0 Å². The SMILES string of the molecule is CN1CCCCC1CC1(O)CCCNC1. The van der Waals surface area contributed by atoms with E-state index in [0.29, 0.717) is 6.04 Å². The van der Waals surface area contributed by atoms with Gasteiger partial charge in [0.25, 0.3) is 0 Å². The lowest BCUT2D eigenvalue weighted by Crippen LogP contribution is -2.50. The third-order valence-electron chi connectivity index (χ3n) is 3.99. The summed E-state index contributed by atoms with van der Waals surface area (Å²) in [7, 11) is 2.20. The molecule has 2 heterocycles. The predicted molar refractivity (Wildman–Crippen MR) is 61.9 cm³/mol. The molecule has 15 heavy (non-hydrogen) atoms. The van der Waals surface area contributed by atoms with Crippen LogP contribution in [0.15, 0.2) is 0 Å². The van der Waals surface area contributed by atoms with Crippen molar-refractivity contribution >= 4 is 0 Å². The molecular formula is C12H24N2O. The van der Waals surface area contributed by atoms with Crippen LogP contribution >= 0.6 is 0 Å². The Hall–Kier alpha value is -0.120. The third-order valence-corrected chi connectivity index (χ3v) is 3.99. The molecule has 2 rings (SSSR count). The summed E-state index contributed by atoms with van der Waals surface area (Å²) in [6, 6.07) is 0.601.